The molecule has 1 atom stereocenters. The molecule has 0 bridgehead atoms. The SMILES string of the molecule is Nc1nnc(CCS[C@H]2Cc3ccc(F)c(C(=O)O)c3OB2O)s1. The highest BCUT2D eigenvalue weighted by molar-refractivity contribution is 8.01. The zero-order valence-corrected chi connectivity index (χ0v) is 13.9. The van der Waals surface area contributed by atoms with Gasteiger partial charge in [0.1, 0.15) is 22.1 Å². The first-order chi connectivity index (χ1) is 11.5. The van der Waals surface area contributed by atoms with E-state index in [-0.39, 0.29) is 10.9 Å². The highest BCUT2D eigenvalue weighted by atomic mass is 32.2. The number of aromatic carboxylic acids is 1. The molecule has 1 aromatic heterocycles. The van der Waals surface area contributed by atoms with Crippen LogP contribution >= 0.6 is 23.1 Å². The summed E-state index contributed by atoms with van der Waals surface area (Å²) in [6.07, 6.45) is 1.04. The van der Waals surface area contributed by atoms with Crippen LogP contribution in [-0.4, -0.2) is 44.3 Å². The molecule has 1 aliphatic heterocycles. The quantitative estimate of drug-likeness (QED) is 0.674. The second kappa shape index (κ2) is 6.95. The number of thioether (sulfide) groups is 1. The van der Waals surface area contributed by atoms with Crippen molar-refractivity contribution in [2.24, 2.45) is 0 Å². The molecule has 4 N–H and O–H groups in total. The number of hydrogen-bond acceptors (Lipinski definition) is 8. The fourth-order valence-corrected chi connectivity index (χ4v) is 4.29. The smallest absolute Gasteiger partial charge is 0.535 e. The lowest BCUT2D eigenvalue weighted by molar-refractivity contribution is 0.0689. The molecule has 0 aliphatic carbocycles. The number of carbonyl (C=O) groups is 1. The van der Waals surface area contributed by atoms with E-state index in [1.807, 2.05) is 0 Å². The van der Waals surface area contributed by atoms with E-state index in [1.54, 1.807) is 0 Å². The van der Waals surface area contributed by atoms with Gasteiger partial charge in [0.25, 0.3) is 0 Å². The molecule has 7 nitrogen and oxygen atoms in total. The Labute approximate surface area is 145 Å². The van der Waals surface area contributed by atoms with Crippen molar-refractivity contribution in [1.82, 2.24) is 10.2 Å². The van der Waals surface area contributed by atoms with Gasteiger partial charge in [0.15, 0.2) is 0 Å². The number of rotatable bonds is 5. The normalized spacial score (nSPS) is 16.6. The molecule has 2 heterocycles. The van der Waals surface area contributed by atoms with Crippen LogP contribution in [0.25, 0.3) is 0 Å². The number of aromatic nitrogens is 2. The maximum absolute atomic E-state index is 13.7. The molecule has 1 aromatic carbocycles. The zero-order valence-electron chi connectivity index (χ0n) is 12.3. The minimum Gasteiger partial charge on any atom is -0.535 e. The molecular formula is C13H13BFN3O4S2. The van der Waals surface area contributed by atoms with E-state index in [0.717, 1.165) is 11.1 Å². The van der Waals surface area contributed by atoms with Gasteiger partial charge in [0.05, 0.1) is 5.15 Å². The van der Waals surface area contributed by atoms with E-state index in [9.17, 15) is 14.2 Å². The minimum atomic E-state index is -1.42. The predicted molar refractivity (Wildman–Crippen MR) is 89.9 cm³/mol. The fraction of sp³-hybridized carbons (Fsp3) is 0.308. The van der Waals surface area contributed by atoms with Crippen LogP contribution in [0.5, 0.6) is 5.75 Å². The molecule has 0 unspecified atom stereocenters. The van der Waals surface area contributed by atoms with Gasteiger partial charge in [-0.2, -0.15) is 11.8 Å². The van der Waals surface area contributed by atoms with Crippen LogP contribution in [0.4, 0.5) is 9.52 Å². The third-order valence-electron chi connectivity index (χ3n) is 3.51. The number of carboxylic acids is 1. The molecule has 0 saturated heterocycles. The Morgan fingerprint density at radius 2 is 2.33 bits per heavy atom. The third-order valence-corrected chi connectivity index (χ3v) is 5.59. The Hall–Kier alpha value is -1.85. The summed E-state index contributed by atoms with van der Waals surface area (Å²) in [7, 11) is -1.21. The summed E-state index contributed by atoms with van der Waals surface area (Å²) in [5.41, 5.74) is 5.54. The topological polar surface area (TPSA) is 119 Å². The highest BCUT2D eigenvalue weighted by Crippen LogP contribution is 2.35. The van der Waals surface area contributed by atoms with Crippen molar-refractivity contribution in [3.63, 3.8) is 0 Å². The van der Waals surface area contributed by atoms with E-state index >= 15 is 0 Å². The maximum atomic E-state index is 13.7. The molecule has 1 aliphatic rings. The summed E-state index contributed by atoms with van der Waals surface area (Å²) in [6.45, 7) is 0. The highest BCUT2D eigenvalue weighted by Gasteiger charge is 2.38. The number of hydrogen-bond donors (Lipinski definition) is 3. The summed E-state index contributed by atoms with van der Waals surface area (Å²) in [5, 5.41) is 27.8. The standard InChI is InChI=1S/C13H13BFN3O4S2/c15-7-2-1-6-5-8(14(21)22-11(6)10(7)12(19)20)23-4-3-9-17-18-13(16)24-9/h1-2,8,21H,3-5H2,(H2,16,18)(H,19,20)/t8-/m0/s1. The first kappa shape index (κ1) is 17.0. The average Bonchev–Trinajstić information content (AvgIpc) is 2.93. The average molecular weight is 369 g/mol. The lowest BCUT2D eigenvalue weighted by atomic mass is 9.77. The van der Waals surface area contributed by atoms with Crippen LogP contribution in [0, 0.1) is 5.82 Å². The van der Waals surface area contributed by atoms with E-state index in [4.69, 9.17) is 15.5 Å². The van der Waals surface area contributed by atoms with Gasteiger partial charge >= 0.3 is 13.1 Å². The summed E-state index contributed by atoms with van der Waals surface area (Å²) in [4.78, 5) is 11.2. The van der Waals surface area contributed by atoms with Gasteiger partial charge in [-0.3, -0.25) is 0 Å². The minimum absolute atomic E-state index is 0.0938. The monoisotopic (exact) mass is 369 g/mol. The second-order valence-electron chi connectivity index (χ2n) is 5.12. The van der Waals surface area contributed by atoms with Crippen molar-refractivity contribution < 1.29 is 24.0 Å². The van der Waals surface area contributed by atoms with Crippen molar-refractivity contribution >= 4 is 41.3 Å². The van der Waals surface area contributed by atoms with Crippen LogP contribution in [0.2, 0.25) is 0 Å². The number of fused-ring (bicyclic) bond motifs is 1. The predicted octanol–water partition coefficient (Wildman–Crippen LogP) is 1.26. The first-order valence-corrected chi connectivity index (χ1v) is 8.91. The zero-order chi connectivity index (χ0) is 17.3. The molecule has 11 heteroatoms. The van der Waals surface area contributed by atoms with Crippen molar-refractivity contribution in [1.29, 1.82) is 0 Å². The van der Waals surface area contributed by atoms with E-state index < -0.39 is 24.5 Å². The number of anilines is 1. The van der Waals surface area contributed by atoms with Gasteiger partial charge < -0.3 is 20.5 Å². The Balaban J connectivity index is 1.68. The molecule has 24 heavy (non-hydrogen) atoms. The molecule has 3 rings (SSSR count). The Morgan fingerprint density at radius 3 is 3.00 bits per heavy atom. The number of aryl methyl sites for hydroxylation is 1. The number of halogens is 1. The molecule has 0 spiro atoms. The number of nitrogens with zero attached hydrogens (tertiary/aromatic N) is 2. The van der Waals surface area contributed by atoms with Crippen molar-refractivity contribution in [2.75, 3.05) is 11.5 Å². The van der Waals surface area contributed by atoms with E-state index in [1.165, 1.54) is 29.2 Å². The van der Waals surface area contributed by atoms with Crippen LogP contribution in [0.3, 0.4) is 0 Å². The van der Waals surface area contributed by atoms with Crippen LogP contribution in [0.1, 0.15) is 20.9 Å². The van der Waals surface area contributed by atoms with E-state index in [0.29, 0.717) is 29.3 Å². The van der Waals surface area contributed by atoms with Gasteiger partial charge in [0, 0.05) is 6.42 Å². The molecular weight excluding hydrogens is 356 g/mol. The van der Waals surface area contributed by atoms with Crippen LogP contribution in [0.15, 0.2) is 12.1 Å². The number of nitrogens with two attached hydrogens (primary N) is 1. The third kappa shape index (κ3) is 3.47. The van der Waals surface area contributed by atoms with Gasteiger partial charge in [-0.1, -0.05) is 17.4 Å². The summed E-state index contributed by atoms with van der Waals surface area (Å²) >= 11 is 2.79. The second-order valence-corrected chi connectivity index (χ2v) is 7.56. The molecule has 0 radical (unpaired) electrons. The lowest BCUT2D eigenvalue weighted by Gasteiger charge is -2.28. The maximum Gasteiger partial charge on any atom is 0.536 e. The fourth-order valence-electron chi connectivity index (χ4n) is 2.42. The van der Waals surface area contributed by atoms with Crippen LogP contribution < -0.4 is 10.4 Å². The van der Waals surface area contributed by atoms with Crippen LogP contribution in [-0.2, 0) is 12.8 Å². The Bertz CT molecular complexity index is 776. The Kier molecular flexibility index (Phi) is 4.92. The molecule has 0 fully saturated rings. The largest absolute Gasteiger partial charge is 0.536 e. The molecule has 126 valence electrons. The van der Waals surface area contributed by atoms with Crippen molar-refractivity contribution in [3.8, 4) is 5.75 Å². The molecule has 0 amide bonds. The Morgan fingerprint density at radius 1 is 1.54 bits per heavy atom. The van der Waals surface area contributed by atoms with Gasteiger partial charge in [-0.15, -0.1) is 10.2 Å². The first-order valence-electron chi connectivity index (χ1n) is 7.04. The molecule has 2 aromatic rings. The summed E-state index contributed by atoms with van der Waals surface area (Å²) in [5.74, 6) is -1.73. The summed E-state index contributed by atoms with van der Waals surface area (Å²) in [6, 6.07) is 2.59. The number of carboxylic acid groups (broad SMARTS) is 1. The lowest BCUT2D eigenvalue weighted by Crippen LogP contribution is -2.41. The number of nitrogen functional groups attached to an aromatic ring is 1. The van der Waals surface area contributed by atoms with Gasteiger partial charge in [-0.25, -0.2) is 9.18 Å². The summed E-state index contributed by atoms with van der Waals surface area (Å²) < 4.78 is 19.0. The van der Waals surface area contributed by atoms with Crippen molar-refractivity contribution in [2.45, 2.75) is 18.0 Å². The molecule has 0 saturated carbocycles. The van der Waals surface area contributed by atoms with E-state index in [2.05, 4.69) is 10.2 Å². The van der Waals surface area contributed by atoms with Gasteiger partial charge in [-0.05, 0) is 23.8 Å². The number of benzene rings is 1. The van der Waals surface area contributed by atoms with Crippen molar-refractivity contribution in [3.05, 3.63) is 34.1 Å². The van der Waals surface area contributed by atoms with Gasteiger partial charge in [0.2, 0.25) is 5.13 Å².